The van der Waals surface area contributed by atoms with Crippen molar-refractivity contribution in [3.05, 3.63) is 54.6 Å². The van der Waals surface area contributed by atoms with Gasteiger partial charge in [-0.1, -0.05) is 23.4 Å². The van der Waals surface area contributed by atoms with E-state index in [0.29, 0.717) is 37.0 Å². The van der Waals surface area contributed by atoms with E-state index in [0.717, 1.165) is 5.69 Å². The standard InChI is InChI=1S/C17H16N4O3/c22-16-9-12(11-21(16)13-5-2-1-3-6-13)18-10-15-19-17(20-24-15)14-7-4-8-23-14/h1-8,12,18H,9-11H2/t12-/m1/s1. The van der Waals surface area contributed by atoms with Crippen molar-refractivity contribution >= 4 is 11.6 Å². The molecule has 3 aromatic rings. The van der Waals surface area contributed by atoms with Crippen molar-refractivity contribution in [2.45, 2.75) is 19.0 Å². The van der Waals surface area contributed by atoms with Crippen LogP contribution in [0.25, 0.3) is 11.6 Å². The van der Waals surface area contributed by atoms with Gasteiger partial charge in [0.2, 0.25) is 17.6 Å². The molecule has 1 aromatic carbocycles. The Labute approximate surface area is 138 Å². The van der Waals surface area contributed by atoms with Crippen LogP contribution in [0, 0.1) is 0 Å². The number of amides is 1. The van der Waals surface area contributed by atoms with Crippen LogP contribution in [0.15, 0.2) is 57.7 Å². The molecule has 0 spiro atoms. The molecule has 3 heterocycles. The number of anilines is 1. The number of rotatable bonds is 5. The van der Waals surface area contributed by atoms with Crippen LogP contribution in [0.1, 0.15) is 12.3 Å². The summed E-state index contributed by atoms with van der Waals surface area (Å²) in [5.74, 6) is 1.56. The molecule has 1 N–H and O–H groups in total. The van der Waals surface area contributed by atoms with Crippen LogP contribution < -0.4 is 10.2 Å². The van der Waals surface area contributed by atoms with Gasteiger partial charge in [-0.2, -0.15) is 4.98 Å². The van der Waals surface area contributed by atoms with E-state index in [9.17, 15) is 4.79 Å². The summed E-state index contributed by atoms with van der Waals surface area (Å²) >= 11 is 0. The molecule has 1 atom stereocenters. The maximum absolute atomic E-state index is 12.2. The second-order valence-electron chi connectivity index (χ2n) is 5.61. The Bertz CT molecular complexity index is 814. The number of hydrogen-bond donors (Lipinski definition) is 1. The van der Waals surface area contributed by atoms with Gasteiger partial charge in [0.05, 0.1) is 12.8 Å². The van der Waals surface area contributed by atoms with E-state index in [4.69, 9.17) is 8.94 Å². The number of para-hydroxylation sites is 1. The van der Waals surface area contributed by atoms with Gasteiger partial charge in [0.15, 0.2) is 5.76 Å². The highest BCUT2D eigenvalue weighted by Crippen LogP contribution is 2.21. The topological polar surface area (TPSA) is 84.4 Å². The Kier molecular flexibility index (Phi) is 3.84. The monoisotopic (exact) mass is 324 g/mol. The zero-order valence-corrected chi connectivity index (χ0v) is 12.9. The molecule has 0 bridgehead atoms. The molecule has 7 nitrogen and oxygen atoms in total. The summed E-state index contributed by atoms with van der Waals surface area (Å²) in [6, 6.07) is 13.3. The fraction of sp³-hybridized carbons (Fsp3) is 0.235. The van der Waals surface area contributed by atoms with E-state index in [2.05, 4.69) is 15.5 Å². The van der Waals surface area contributed by atoms with Gasteiger partial charge < -0.3 is 19.2 Å². The summed E-state index contributed by atoms with van der Waals surface area (Å²) in [4.78, 5) is 18.2. The van der Waals surface area contributed by atoms with Gasteiger partial charge in [-0.3, -0.25) is 4.79 Å². The molecule has 2 aromatic heterocycles. The molecule has 0 saturated carbocycles. The molecule has 1 aliphatic rings. The first-order chi connectivity index (χ1) is 11.8. The predicted octanol–water partition coefficient (Wildman–Crippen LogP) is 2.22. The van der Waals surface area contributed by atoms with Crippen molar-refractivity contribution in [2.24, 2.45) is 0 Å². The van der Waals surface area contributed by atoms with Crippen LogP contribution in [0.3, 0.4) is 0 Å². The van der Waals surface area contributed by atoms with E-state index in [1.807, 2.05) is 30.3 Å². The highest BCUT2D eigenvalue weighted by molar-refractivity contribution is 5.96. The summed E-state index contributed by atoms with van der Waals surface area (Å²) in [7, 11) is 0. The van der Waals surface area contributed by atoms with E-state index >= 15 is 0 Å². The lowest BCUT2D eigenvalue weighted by atomic mass is 10.2. The maximum Gasteiger partial charge on any atom is 0.241 e. The lowest BCUT2D eigenvalue weighted by Gasteiger charge is -2.16. The van der Waals surface area contributed by atoms with Gasteiger partial charge in [-0.15, -0.1) is 0 Å². The number of nitrogens with one attached hydrogen (secondary N) is 1. The van der Waals surface area contributed by atoms with Gasteiger partial charge in [0, 0.05) is 24.7 Å². The number of carbonyl (C=O) groups is 1. The second kappa shape index (κ2) is 6.29. The highest BCUT2D eigenvalue weighted by Gasteiger charge is 2.30. The van der Waals surface area contributed by atoms with Crippen molar-refractivity contribution in [2.75, 3.05) is 11.4 Å². The molecule has 4 rings (SSSR count). The Balaban J connectivity index is 1.36. The van der Waals surface area contributed by atoms with E-state index in [1.165, 1.54) is 0 Å². The molecule has 1 fully saturated rings. The fourth-order valence-electron chi connectivity index (χ4n) is 2.77. The Hall–Kier alpha value is -2.93. The summed E-state index contributed by atoms with van der Waals surface area (Å²) in [5.41, 5.74) is 0.921. The van der Waals surface area contributed by atoms with Crippen LogP contribution in [0.2, 0.25) is 0 Å². The Morgan fingerprint density at radius 2 is 2.08 bits per heavy atom. The minimum atomic E-state index is 0.0525. The zero-order valence-electron chi connectivity index (χ0n) is 12.9. The molecular formula is C17H16N4O3. The van der Waals surface area contributed by atoms with Gasteiger partial charge in [-0.25, -0.2) is 0 Å². The summed E-state index contributed by atoms with van der Waals surface area (Å²) in [5, 5.41) is 7.18. The first-order valence-corrected chi connectivity index (χ1v) is 7.75. The Morgan fingerprint density at radius 3 is 2.88 bits per heavy atom. The number of benzene rings is 1. The normalized spacial score (nSPS) is 17.6. The highest BCUT2D eigenvalue weighted by atomic mass is 16.5. The summed E-state index contributed by atoms with van der Waals surface area (Å²) in [6.45, 7) is 1.04. The van der Waals surface area contributed by atoms with E-state index < -0.39 is 0 Å². The summed E-state index contributed by atoms with van der Waals surface area (Å²) < 4.78 is 10.4. The Morgan fingerprint density at radius 1 is 1.21 bits per heavy atom. The van der Waals surface area contributed by atoms with E-state index in [1.54, 1.807) is 23.3 Å². The SMILES string of the molecule is O=C1C[C@@H](NCc2nc(-c3ccco3)no2)CN1c1ccccc1. The fourth-order valence-corrected chi connectivity index (χ4v) is 2.77. The minimum Gasteiger partial charge on any atom is -0.461 e. The van der Waals surface area contributed by atoms with Gasteiger partial charge in [0.25, 0.3) is 0 Å². The largest absolute Gasteiger partial charge is 0.461 e. The van der Waals surface area contributed by atoms with Crippen LogP contribution >= 0.6 is 0 Å². The van der Waals surface area contributed by atoms with Gasteiger partial charge >= 0.3 is 0 Å². The minimum absolute atomic E-state index is 0.0525. The van der Waals surface area contributed by atoms with Crippen LogP contribution in [-0.2, 0) is 11.3 Å². The molecule has 24 heavy (non-hydrogen) atoms. The smallest absolute Gasteiger partial charge is 0.241 e. The van der Waals surface area contributed by atoms with Crippen molar-refractivity contribution in [3.8, 4) is 11.6 Å². The lowest BCUT2D eigenvalue weighted by molar-refractivity contribution is -0.117. The summed E-state index contributed by atoms with van der Waals surface area (Å²) in [6.07, 6.45) is 2.01. The molecule has 122 valence electrons. The number of hydrogen-bond acceptors (Lipinski definition) is 6. The number of aromatic nitrogens is 2. The average Bonchev–Trinajstić information content (AvgIpc) is 3.34. The third-order valence-corrected chi connectivity index (χ3v) is 3.94. The van der Waals surface area contributed by atoms with Gasteiger partial charge in [-0.05, 0) is 24.3 Å². The first kappa shape index (κ1) is 14.6. The van der Waals surface area contributed by atoms with Crippen molar-refractivity contribution in [1.82, 2.24) is 15.5 Å². The average molecular weight is 324 g/mol. The number of carbonyl (C=O) groups excluding carboxylic acids is 1. The quantitative estimate of drug-likeness (QED) is 0.775. The molecule has 7 heteroatoms. The molecular weight excluding hydrogens is 308 g/mol. The molecule has 1 aliphatic heterocycles. The third kappa shape index (κ3) is 2.93. The predicted molar refractivity (Wildman–Crippen MR) is 86.0 cm³/mol. The van der Waals surface area contributed by atoms with Crippen LogP contribution in [-0.4, -0.2) is 28.6 Å². The lowest BCUT2D eigenvalue weighted by Crippen LogP contribution is -2.32. The van der Waals surface area contributed by atoms with Crippen molar-refractivity contribution in [1.29, 1.82) is 0 Å². The van der Waals surface area contributed by atoms with Crippen LogP contribution in [0.5, 0.6) is 0 Å². The molecule has 0 unspecified atom stereocenters. The molecule has 0 aliphatic carbocycles. The van der Waals surface area contributed by atoms with E-state index in [-0.39, 0.29) is 11.9 Å². The first-order valence-electron chi connectivity index (χ1n) is 7.75. The maximum atomic E-state index is 12.2. The van der Waals surface area contributed by atoms with Gasteiger partial charge in [0.1, 0.15) is 0 Å². The van der Waals surface area contributed by atoms with Crippen LogP contribution in [0.4, 0.5) is 5.69 Å². The molecule has 1 amide bonds. The molecule has 1 saturated heterocycles. The number of furan rings is 1. The number of nitrogens with zero attached hydrogens (tertiary/aromatic N) is 3. The molecule has 0 radical (unpaired) electrons. The second-order valence-corrected chi connectivity index (χ2v) is 5.61. The van der Waals surface area contributed by atoms with Crippen molar-refractivity contribution in [3.63, 3.8) is 0 Å². The zero-order chi connectivity index (χ0) is 16.4. The van der Waals surface area contributed by atoms with Crippen molar-refractivity contribution < 1.29 is 13.7 Å². The third-order valence-electron chi connectivity index (χ3n) is 3.94.